The summed E-state index contributed by atoms with van der Waals surface area (Å²) in [6, 6.07) is 3.39. The minimum absolute atomic E-state index is 0.338. The number of anilines is 1. The quantitative estimate of drug-likeness (QED) is 0.727. The van der Waals surface area contributed by atoms with Crippen LogP contribution in [0.15, 0.2) is 12.1 Å². The number of hydrogen-bond acceptors (Lipinski definition) is 5. The van der Waals surface area contributed by atoms with Crippen LogP contribution in [-0.4, -0.2) is 38.8 Å². The van der Waals surface area contributed by atoms with Crippen LogP contribution in [0.2, 0.25) is 0 Å². The SMILES string of the molecule is CCOC(=O)c1cc(COC)nc(N(C)C)c1. The third-order valence-electron chi connectivity index (χ3n) is 2.13. The van der Waals surface area contributed by atoms with Gasteiger partial charge in [-0.15, -0.1) is 0 Å². The summed E-state index contributed by atoms with van der Waals surface area (Å²) in [7, 11) is 5.33. The van der Waals surface area contributed by atoms with Crippen molar-refractivity contribution in [2.75, 3.05) is 32.7 Å². The number of rotatable bonds is 5. The molecule has 0 spiro atoms. The molecule has 0 bridgehead atoms. The van der Waals surface area contributed by atoms with Crippen molar-refractivity contribution in [2.24, 2.45) is 0 Å². The molecule has 0 unspecified atom stereocenters. The molecule has 0 aliphatic carbocycles. The zero-order valence-corrected chi connectivity index (χ0v) is 10.7. The van der Waals surface area contributed by atoms with Crippen molar-refractivity contribution in [3.8, 4) is 0 Å². The van der Waals surface area contributed by atoms with Crippen molar-refractivity contribution in [1.29, 1.82) is 0 Å². The van der Waals surface area contributed by atoms with E-state index in [1.165, 1.54) is 0 Å². The predicted octanol–water partition coefficient (Wildman–Crippen LogP) is 1.47. The third-order valence-corrected chi connectivity index (χ3v) is 2.13. The Kier molecular flexibility index (Phi) is 4.90. The van der Waals surface area contributed by atoms with E-state index in [9.17, 15) is 4.79 Å². The first-order chi connectivity index (χ1) is 8.08. The second-order valence-electron chi connectivity index (χ2n) is 3.75. The zero-order valence-electron chi connectivity index (χ0n) is 10.7. The average Bonchev–Trinajstić information content (AvgIpc) is 2.29. The Morgan fingerprint density at radius 1 is 1.41 bits per heavy atom. The second-order valence-corrected chi connectivity index (χ2v) is 3.75. The van der Waals surface area contributed by atoms with E-state index < -0.39 is 0 Å². The number of pyridine rings is 1. The van der Waals surface area contributed by atoms with E-state index in [0.29, 0.717) is 30.3 Å². The van der Waals surface area contributed by atoms with Gasteiger partial charge in [-0.3, -0.25) is 0 Å². The van der Waals surface area contributed by atoms with E-state index in [1.807, 2.05) is 19.0 Å². The molecule has 1 aromatic rings. The maximum atomic E-state index is 11.7. The lowest BCUT2D eigenvalue weighted by molar-refractivity contribution is 0.0526. The van der Waals surface area contributed by atoms with Crippen LogP contribution >= 0.6 is 0 Å². The lowest BCUT2D eigenvalue weighted by Gasteiger charge is -2.14. The van der Waals surface area contributed by atoms with Crippen molar-refractivity contribution >= 4 is 11.8 Å². The van der Waals surface area contributed by atoms with Gasteiger partial charge in [0.1, 0.15) is 5.82 Å². The van der Waals surface area contributed by atoms with Gasteiger partial charge < -0.3 is 14.4 Å². The lowest BCUT2D eigenvalue weighted by atomic mass is 10.2. The van der Waals surface area contributed by atoms with Crippen molar-refractivity contribution in [2.45, 2.75) is 13.5 Å². The molecule has 94 valence electrons. The van der Waals surface area contributed by atoms with Crippen LogP contribution in [0.5, 0.6) is 0 Å². The second kappa shape index (κ2) is 6.20. The fourth-order valence-corrected chi connectivity index (χ4v) is 1.36. The number of carbonyl (C=O) groups excluding carboxylic acids is 1. The van der Waals surface area contributed by atoms with E-state index in [1.54, 1.807) is 26.2 Å². The maximum Gasteiger partial charge on any atom is 0.338 e. The van der Waals surface area contributed by atoms with Gasteiger partial charge in [-0.2, -0.15) is 0 Å². The summed E-state index contributed by atoms with van der Waals surface area (Å²) >= 11 is 0. The minimum Gasteiger partial charge on any atom is -0.462 e. The smallest absolute Gasteiger partial charge is 0.338 e. The number of hydrogen-bond donors (Lipinski definition) is 0. The molecule has 0 aromatic carbocycles. The first-order valence-corrected chi connectivity index (χ1v) is 5.42. The molecule has 0 saturated heterocycles. The van der Waals surface area contributed by atoms with Crippen LogP contribution < -0.4 is 4.90 Å². The van der Waals surface area contributed by atoms with Gasteiger partial charge in [-0.05, 0) is 19.1 Å². The molecule has 0 N–H and O–H groups in total. The summed E-state index contributed by atoms with van der Waals surface area (Å²) in [5.41, 5.74) is 1.21. The van der Waals surface area contributed by atoms with Gasteiger partial charge in [0, 0.05) is 21.2 Å². The number of aromatic nitrogens is 1. The van der Waals surface area contributed by atoms with Crippen LogP contribution in [0.1, 0.15) is 23.0 Å². The molecular formula is C12H18N2O3. The normalized spacial score (nSPS) is 10.1. The standard InChI is InChI=1S/C12H18N2O3/c1-5-17-12(15)9-6-10(8-16-4)13-11(7-9)14(2)3/h6-7H,5,8H2,1-4H3. The molecule has 0 amide bonds. The molecule has 1 aromatic heterocycles. The van der Waals surface area contributed by atoms with Gasteiger partial charge in [-0.1, -0.05) is 0 Å². The van der Waals surface area contributed by atoms with Crippen LogP contribution in [0, 0.1) is 0 Å². The Hall–Kier alpha value is -1.62. The van der Waals surface area contributed by atoms with Gasteiger partial charge in [0.15, 0.2) is 0 Å². The van der Waals surface area contributed by atoms with Gasteiger partial charge >= 0.3 is 5.97 Å². The molecule has 0 atom stereocenters. The van der Waals surface area contributed by atoms with E-state index in [4.69, 9.17) is 9.47 Å². The summed E-state index contributed by atoms with van der Waals surface area (Å²) in [6.45, 7) is 2.51. The summed E-state index contributed by atoms with van der Waals surface area (Å²) in [5, 5.41) is 0. The van der Waals surface area contributed by atoms with Crippen molar-refractivity contribution in [1.82, 2.24) is 4.98 Å². The van der Waals surface area contributed by atoms with Crippen LogP contribution in [0.4, 0.5) is 5.82 Å². The molecule has 0 saturated carbocycles. The monoisotopic (exact) mass is 238 g/mol. The van der Waals surface area contributed by atoms with E-state index >= 15 is 0 Å². The molecule has 0 aliphatic heterocycles. The van der Waals surface area contributed by atoms with Gasteiger partial charge in [0.05, 0.1) is 24.5 Å². The summed E-state index contributed by atoms with van der Waals surface area (Å²) in [6.07, 6.45) is 0. The summed E-state index contributed by atoms with van der Waals surface area (Å²) in [4.78, 5) is 17.9. The Bertz CT molecular complexity index is 391. The highest BCUT2D eigenvalue weighted by molar-refractivity contribution is 5.90. The van der Waals surface area contributed by atoms with Gasteiger partial charge in [0.2, 0.25) is 0 Å². The number of carbonyl (C=O) groups is 1. The van der Waals surface area contributed by atoms with Crippen LogP contribution in [0.3, 0.4) is 0 Å². The molecule has 1 heterocycles. The molecular weight excluding hydrogens is 220 g/mol. The lowest BCUT2D eigenvalue weighted by Crippen LogP contribution is -2.14. The van der Waals surface area contributed by atoms with Crippen molar-refractivity contribution in [3.63, 3.8) is 0 Å². The molecule has 17 heavy (non-hydrogen) atoms. The van der Waals surface area contributed by atoms with Crippen LogP contribution in [0.25, 0.3) is 0 Å². The average molecular weight is 238 g/mol. The largest absolute Gasteiger partial charge is 0.462 e. The zero-order chi connectivity index (χ0) is 12.8. The maximum absolute atomic E-state index is 11.7. The third kappa shape index (κ3) is 3.71. The number of methoxy groups -OCH3 is 1. The Morgan fingerprint density at radius 3 is 2.65 bits per heavy atom. The number of nitrogens with zero attached hydrogens (tertiary/aromatic N) is 2. The molecule has 0 radical (unpaired) electrons. The molecule has 0 fully saturated rings. The fraction of sp³-hybridized carbons (Fsp3) is 0.500. The van der Waals surface area contributed by atoms with E-state index in [-0.39, 0.29) is 5.97 Å². The Labute approximate surface area is 101 Å². The van der Waals surface area contributed by atoms with Crippen LogP contribution in [-0.2, 0) is 16.1 Å². The predicted molar refractivity (Wildman–Crippen MR) is 65.2 cm³/mol. The summed E-state index contributed by atoms with van der Waals surface area (Å²) < 4.78 is 9.99. The topological polar surface area (TPSA) is 51.7 Å². The van der Waals surface area contributed by atoms with E-state index in [0.717, 1.165) is 0 Å². The minimum atomic E-state index is -0.338. The van der Waals surface area contributed by atoms with Crippen molar-refractivity contribution < 1.29 is 14.3 Å². The molecule has 5 nitrogen and oxygen atoms in total. The van der Waals surface area contributed by atoms with Gasteiger partial charge in [-0.25, -0.2) is 9.78 Å². The van der Waals surface area contributed by atoms with Crippen molar-refractivity contribution in [3.05, 3.63) is 23.4 Å². The number of ether oxygens (including phenoxy) is 2. The Morgan fingerprint density at radius 2 is 2.12 bits per heavy atom. The highest BCUT2D eigenvalue weighted by atomic mass is 16.5. The highest BCUT2D eigenvalue weighted by Gasteiger charge is 2.11. The molecule has 1 rings (SSSR count). The highest BCUT2D eigenvalue weighted by Crippen LogP contribution is 2.14. The molecule has 0 aliphatic rings. The summed E-state index contributed by atoms with van der Waals surface area (Å²) in [5.74, 6) is 0.373. The fourth-order valence-electron chi connectivity index (χ4n) is 1.36. The van der Waals surface area contributed by atoms with Gasteiger partial charge in [0.25, 0.3) is 0 Å². The molecule has 5 heteroatoms. The number of esters is 1. The van der Waals surface area contributed by atoms with E-state index in [2.05, 4.69) is 4.98 Å². The Balaban J connectivity index is 3.07. The first kappa shape index (κ1) is 13.4. The first-order valence-electron chi connectivity index (χ1n) is 5.42.